The topological polar surface area (TPSA) is 84.0 Å². The predicted octanol–water partition coefficient (Wildman–Crippen LogP) is 1.88. The lowest BCUT2D eigenvalue weighted by atomic mass is 10.0. The quantitative estimate of drug-likeness (QED) is 0.664. The molecule has 1 aromatic rings. The van der Waals surface area contributed by atoms with E-state index in [9.17, 15) is 18.0 Å². The minimum absolute atomic E-state index is 0.0543. The molecule has 27 heavy (non-hydrogen) atoms. The Bertz CT molecular complexity index is 783. The van der Waals surface area contributed by atoms with Gasteiger partial charge in [-0.15, -0.1) is 11.3 Å². The Morgan fingerprint density at radius 1 is 1.19 bits per heavy atom. The number of piperidine rings is 1. The molecule has 1 aromatic heterocycles. The average molecular weight is 415 g/mol. The molecule has 9 heteroatoms. The third kappa shape index (κ3) is 4.70. The first kappa shape index (κ1) is 20.3. The number of rotatable bonds is 6. The molecular weight excluding hydrogens is 388 g/mol. The van der Waals surface area contributed by atoms with Crippen LogP contribution in [0.15, 0.2) is 16.3 Å². The number of carbonyl (C=O) groups excluding carboxylic acids is 2. The highest BCUT2D eigenvalue weighted by atomic mass is 32.2. The second-order valence-electron chi connectivity index (χ2n) is 6.94. The number of esters is 1. The summed E-state index contributed by atoms with van der Waals surface area (Å²) in [5, 5.41) is 0. The van der Waals surface area contributed by atoms with Crippen molar-refractivity contribution in [2.24, 2.45) is 5.92 Å². The van der Waals surface area contributed by atoms with Crippen LogP contribution in [0.2, 0.25) is 0 Å². The summed E-state index contributed by atoms with van der Waals surface area (Å²) in [6.07, 6.45) is 3.59. The van der Waals surface area contributed by atoms with Crippen LogP contribution in [0, 0.1) is 5.92 Å². The van der Waals surface area contributed by atoms with Crippen LogP contribution in [-0.4, -0.2) is 62.3 Å². The molecule has 2 fully saturated rings. The summed E-state index contributed by atoms with van der Waals surface area (Å²) in [5.41, 5.74) is 0. The Morgan fingerprint density at radius 3 is 2.63 bits per heavy atom. The van der Waals surface area contributed by atoms with Gasteiger partial charge in [-0.05, 0) is 44.7 Å². The zero-order valence-corrected chi connectivity index (χ0v) is 17.2. The number of nitrogens with zero attached hydrogens (tertiary/aromatic N) is 2. The van der Waals surface area contributed by atoms with Gasteiger partial charge in [0.15, 0.2) is 0 Å². The summed E-state index contributed by atoms with van der Waals surface area (Å²) < 4.78 is 32.6. The highest BCUT2D eigenvalue weighted by Gasteiger charge is 2.34. The van der Waals surface area contributed by atoms with Crippen LogP contribution in [0.4, 0.5) is 0 Å². The Hall–Kier alpha value is -1.45. The first-order chi connectivity index (χ1) is 12.9. The Kier molecular flexibility index (Phi) is 6.54. The van der Waals surface area contributed by atoms with E-state index in [0.29, 0.717) is 26.0 Å². The number of amides is 1. The van der Waals surface area contributed by atoms with E-state index in [0.717, 1.165) is 42.1 Å². The number of sulfonamides is 1. The van der Waals surface area contributed by atoms with Gasteiger partial charge in [-0.3, -0.25) is 9.59 Å². The molecule has 0 spiro atoms. The molecule has 0 aliphatic carbocycles. The maximum atomic E-state index is 13.0. The minimum Gasteiger partial charge on any atom is -0.466 e. The van der Waals surface area contributed by atoms with Gasteiger partial charge in [0, 0.05) is 31.1 Å². The van der Waals surface area contributed by atoms with Gasteiger partial charge in [-0.25, -0.2) is 8.42 Å². The first-order valence-corrected chi connectivity index (χ1v) is 11.7. The number of thiophene rings is 1. The summed E-state index contributed by atoms with van der Waals surface area (Å²) in [6.45, 7) is 4.17. The molecule has 1 unspecified atom stereocenters. The summed E-state index contributed by atoms with van der Waals surface area (Å²) in [4.78, 5) is 26.8. The van der Waals surface area contributed by atoms with Gasteiger partial charge in [0.25, 0.3) is 10.0 Å². The van der Waals surface area contributed by atoms with Crippen LogP contribution in [0.3, 0.4) is 0 Å². The maximum absolute atomic E-state index is 13.0. The molecule has 1 atom stereocenters. The molecule has 7 nitrogen and oxygen atoms in total. The molecular formula is C18H26N2O5S2. The van der Waals surface area contributed by atoms with Gasteiger partial charge >= 0.3 is 5.97 Å². The zero-order chi connectivity index (χ0) is 19.4. The van der Waals surface area contributed by atoms with Crippen molar-refractivity contribution in [3.63, 3.8) is 0 Å². The van der Waals surface area contributed by atoms with E-state index in [2.05, 4.69) is 0 Å². The average Bonchev–Trinajstić information content (AvgIpc) is 3.34. The van der Waals surface area contributed by atoms with Gasteiger partial charge in [-0.1, -0.05) is 0 Å². The van der Waals surface area contributed by atoms with Crippen molar-refractivity contribution in [2.45, 2.75) is 43.2 Å². The third-order valence-corrected chi connectivity index (χ3v) is 8.44. The molecule has 0 bridgehead atoms. The zero-order valence-electron chi connectivity index (χ0n) is 15.6. The van der Waals surface area contributed by atoms with Crippen molar-refractivity contribution in [1.82, 2.24) is 9.21 Å². The number of likely N-dealkylation sites (tertiary alicyclic amines) is 1. The Balaban J connectivity index is 1.67. The van der Waals surface area contributed by atoms with E-state index in [1.807, 2.05) is 4.90 Å². The normalized spacial score (nSPS) is 21.4. The van der Waals surface area contributed by atoms with Crippen molar-refractivity contribution in [1.29, 1.82) is 0 Å². The van der Waals surface area contributed by atoms with Crippen molar-refractivity contribution < 1.29 is 22.7 Å². The van der Waals surface area contributed by atoms with Crippen molar-refractivity contribution in [2.75, 3.05) is 32.8 Å². The number of carbonyl (C=O) groups is 2. The number of hydrogen-bond donors (Lipinski definition) is 0. The van der Waals surface area contributed by atoms with E-state index < -0.39 is 15.9 Å². The molecule has 0 radical (unpaired) electrons. The molecule has 2 aliphatic rings. The van der Waals surface area contributed by atoms with E-state index >= 15 is 0 Å². The van der Waals surface area contributed by atoms with Crippen LogP contribution in [0.1, 0.15) is 37.5 Å². The van der Waals surface area contributed by atoms with E-state index in [4.69, 9.17) is 4.74 Å². The van der Waals surface area contributed by atoms with Crippen LogP contribution in [0.5, 0.6) is 0 Å². The second kappa shape index (κ2) is 8.70. The third-order valence-electron chi connectivity index (χ3n) is 5.02. The summed E-state index contributed by atoms with van der Waals surface area (Å²) >= 11 is 1.15. The van der Waals surface area contributed by atoms with E-state index in [1.165, 1.54) is 4.31 Å². The van der Waals surface area contributed by atoms with Gasteiger partial charge in [-0.2, -0.15) is 4.31 Å². The molecule has 2 saturated heterocycles. The fraction of sp³-hybridized carbons (Fsp3) is 0.667. The van der Waals surface area contributed by atoms with Crippen LogP contribution in [0.25, 0.3) is 0 Å². The smallest absolute Gasteiger partial charge is 0.310 e. The van der Waals surface area contributed by atoms with Gasteiger partial charge in [0.2, 0.25) is 5.91 Å². The molecule has 0 N–H and O–H groups in total. The molecule has 0 saturated carbocycles. The summed E-state index contributed by atoms with van der Waals surface area (Å²) in [6, 6.07) is 3.29. The summed E-state index contributed by atoms with van der Waals surface area (Å²) in [5.74, 6) is -0.691. The van der Waals surface area contributed by atoms with Gasteiger partial charge in [0.1, 0.15) is 4.21 Å². The van der Waals surface area contributed by atoms with Gasteiger partial charge in [0.05, 0.1) is 18.9 Å². The van der Waals surface area contributed by atoms with E-state index in [-0.39, 0.29) is 29.1 Å². The van der Waals surface area contributed by atoms with Crippen LogP contribution >= 0.6 is 11.3 Å². The van der Waals surface area contributed by atoms with Crippen molar-refractivity contribution in [3.8, 4) is 0 Å². The molecule has 3 heterocycles. The maximum Gasteiger partial charge on any atom is 0.310 e. The SMILES string of the molecule is CCOC(=O)C1CCCN(S(=O)(=O)c2ccc(CC(=O)N3CCCC3)s2)C1. The predicted molar refractivity (Wildman–Crippen MR) is 102 cm³/mol. The van der Waals surface area contributed by atoms with Crippen LogP contribution in [-0.2, 0) is 30.8 Å². The number of ether oxygens (including phenoxy) is 1. The largest absolute Gasteiger partial charge is 0.466 e. The minimum atomic E-state index is -3.66. The molecule has 2 aliphatic heterocycles. The molecule has 3 rings (SSSR count). The van der Waals surface area contributed by atoms with Gasteiger partial charge < -0.3 is 9.64 Å². The van der Waals surface area contributed by atoms with E-state index in [1.54, 1.807) is 19.1 Å². The number of hydrogen-bond acceptors (Lipinski definition) is 6. The summed E-state index contributed by atoms with van der Waals surface area (Å²) in [7, 11) is -3.66. The Labute approximate surface area is 164 Å². The lowest BCUT2D eigenvalue weighted by Crippen LogP contribution is -2.42. The molecule has 0 aromatic carbocycles. The standard InChI is InChI=1S/C18H26N2O5S2/c1-2-25-18(22)14-6-5-11-20(13-14)27(23,24)17-8-7-15(26-17)12-16(21)19-9-3-4-10-19/h7-8,14H,2-6,9-13H2,1H3. The monoisotopic (exact) mass is 414 g/mol. The second-order valence-corrected chi connectivity index (χ2v) is 10.3. The fourth-order valence-corrected chi connectivity index (χ4v) is 6.58. The highest BCUT2D eigenvalue weighted by Crippen LogP contribution is 2.29. The van der Waals surface area contributed by atoms with Crippen molar-refractivity contribution >= 4 is 33.2 Å². The Morgan fingerprint density at radius 2 is 1.93 bits per heavy atom. The van der Waals surface area contributed by atoms with Crippen LogP contribution < -0.4 is 0 Å². The lowest BCUT2D eigenvalue weighted by Gasteiger charge is -2.30. The molecule has 1 amide bonds. The fourth-order valence-electron chi connectivity index (χ4n) is 3.56. The van der Waals surface area contributed by atoms with Crippen molar-refractivity contribution in [3.05, 3.63) is 17.0 Å². The lowest BCUT2D eigenvalue weighted by molar-refractivity contribution is -0.149. The first-order valence-electron chi connectivity index (χ1n) is 9.45. The molecule has 150 valence electrons. The highest BCUT2D eigenvalue weighted by molar-refractivity contribution is 7.91.